The molecule has 0 fully saturated rings. The first-order valence-corrected chi connectivity index (χ1v) is 9.79. The van der Waals surface area contributed by atoms with Crippen LogP contribution in [-0.4, -0.2) is 22.0 Å². The number of nitro groups is 1. The molecule has 0 bridgehead atoms. The third-order valence-corrected chi connectivity index (χ3v) is 5.40. The van der Waals surface area contributed by atoms with Gasteiger partial charge in [-0.05, 0) is 25.1 Å². The zero-order valence-electron chi connectivity index (χ0n) is 15.8. The minimum Gasteiger partial charge on any atom is -0.490 e. The molecule has 0 aliphatic carbocycles. The number of terminal acetylenes is 1. The van der Waals surface area contributed by atoms with Gasteiger partial charge in [-0.3, -0.25) is 14.9 Å². The summed E-state index contributed by atoms with van der Waals surface area (Å²) in [5.41, 5.74) is 0.952. The fourth-order valence-electron chi connectivity index (χ4n) is 3.05. The van der Waals surface area contributed by atoms with Crippen molar-refractivity contribution in [2.45, 2.75) is 13.5 Å². The molecule has 30 heavy (non-hydrogen) atoms. The Morgan fingerprint density at radius 3 is 2.93 bits per heavy atom. The van der Waals surface area contributed by atoms with Gasteiger partial charge >= 0.3 is 5.91 Å². The molecule has 0 saturated heterocycles. The lowest BCUT2D eigenvalue weighted by atomic mass is 10.2. The molecule has 150 valence electrons. The minimum absolute atomic E-state index is 0.0628. The Bertz CT molecular complexity index is 1400. The summed E-state index contributed by atoms with van der Waals surface area (Å²) in [6.07, 6.45) is 5.46. The van der Waals surface area contributed by atoms with E-state index in [9.17, 15) is 14.9 Å². The lowest BCUT2D eigenvalue weighted by Gasteiger charge is -2.02. The molecule has 2 aromatic heterocycles. The molecule has 0 atom stereocenters. The molecule has 4 rings (SSSR count). The van der Waals surface area contributed by atoms with Crippen molar-refractivity contribution in [2.24, 2.45) is 4.99 Å². The Kier molecular flexibility index (Phi) is 5.08. The summed E-state index contributed by atoms with van der Waals surface area (Å²) >= 11 is 1.22. The van der Waals surface area contributed by atoms with Crippen molar-refractivity contribution in [1.29, 1.82) is 0 Å². The normalized spacial score (nSPS) is 11.7. The van der Waals surface area contributed by atoms with Gasteiger partial charge in [0, 0.05) is 17.5 Å². The van der Waals surface area contributed by atoms with E-state index in [1.165, 1.54) is 23.5 Å². The van der Waals surface area contributed by atoms with Gasteiger partial charge in [0.25, 0.3) is 5.69 Å². The Hall–Kier alpha value is -3.90. The lowest BCUT2D eigenvalue weighted by Crippen LogP contribution is -2.16. The van der Waals surface area contributed by atoms with Crippen molar-refractivity contribution in [3.05, 3.63) is 63.1 Å². The maximum absolute atomic E-state index is 12.8. The summed E-state index contributed by atoms with van der Waals surface area (Å²) in [6, 6.07) is 11.4. The number of para-hydroxylation sites is 1. The number of rotatable bonds is 5. The van der Waals surface area contributed by atoms with Crippen molar-refractivity contribution in [2.75, 3.05) is 6.61 Å². The summed E-state index contributed by atoms with van der Waals surface area (Å²) in [4.78, 5) is 27.9. The van der Waals surface area contributed by atoms with Crippen LogP contribution in [0.5, 0.6) is 5.75 Å². The molecule has 0 aliphatic heterocycles. The largest absolute Gasteiger partial charge is 0.490 e. The maximum Gasteiger partial charge on any atom is 0.315 e. The molecule has 1 amide bonds. The second kappa shape index (κ2) is 7.85. The molecule has 0 unspecified atom stereocenters. The molecule has 9 heteroatoms. The van der Waals surface area contributed by atoms with Crippen LogP contribution in [0.4, 0.5) is 5.69 Å². The lowest BCUT2D eigenvalue weighted by molar-refractivity contribution is -0.384. The van der Waals surface area contributed by atoms with E-state index < -0.39 is 10.8 Å². The van der Waals surface area contributed by atoms with Gasteiger partial charge in [0.05, 0.1) is 28.3 Å². The number of thiazole rings is 1. The zero-order valence-corrected chi connectivity index (χ0v) is 16.6. The number of aromatic nitrogens is 1. The predicted octanol–water partition coefficient (Wildman–Crippen LogP) is 4.13. The number of non-ortho nitro benzene ring substituents is 1. The van der Waals surface area contributed by atoms with Gasteiger partial charge in [0.2, 0.25) is 0 Å². The van der Waals surface area contributed by atoms with Crippen LogP contribution >= 0.6 is 11.3 Å². The molecule has 2 aromatic carbocycles. The van der Waals surface area contributed by atoms with E-state index in [4.69, 9.17) is 15.6 Å². The molecule has 4 aromatic rings. The summed E-state index contributed by atoms with van der Waals surface area (Å²) in [5, 5.41) is 11.8. The first-order valence-electron chi connectivity index (χ1n) is 8.97. The van der Waals surface area contributed by atoms with Gasteiger partial charge in [-0.25, -0.2) is 0 Å². The first-order chi connectivity index (χ1) is 14.5. The van der Waals surface area contributed by atoms with Crippen molar-refractivity contribution in [3.8, 4) is 18.1 Å². The summed E-state index contributed by atoms with van der Waals surface area (Å²) < 4.78 is 13.6. The molecule has 0 N–H and O–H groups in total. The van der Waals surface area contributed by atoms with E-state index in [2.05, 4.69) is 10.9 Å². The van der Waals surface area contributed by atoms with E-state index >= 15 is 0 Å². The average molecular weight is 421 g/mol. The van der Waals surface area contributed by atoms with Gasteiger partial charge in [0.15, 0.2) is 21.9 Å². The second-order valence-electron chi connectivity index (χ2n) is 6.22. The number of nitrogens with zero attached hydrogens (tertiary/aromatic N) is 3. The van der Waals surface area contributed by atoms with Crippen molar-refractivity contribution in [1.82, 2.24) is 4.57 Å². The number of carbonyl (C=O) groups excluding carboxylic acids is 1. The fourth-order valence-corrected chi connectivity index (χ4v) is 4.06. The number of fused-ring (bicyclic) bond motifs is 2. The number of nitro benzene ring substituents is 1. The van der Waals surface area contributed by atoms with Crippen LogP contribution in [-0.2, 0) is 6.54 Å². The quantitative estimate of drug-likeness (QED) is 0.274. The number of ether oxygens (including phenoxy) is 1. The maximum atomic E-state index is 12.8. The van der Waals surface area contributed by atoms with Gasteiger partial charge < -0.3 is 13.7 Å². The standard InChI is InChI=1S/C21H15N3O5S/c1-3-10-23-15-12-14(24(26)27)8-9-18(15)30-21(23)22-20(25)17-11-13-6-5-7-16(28-4-2)19(13)29-17/h1,5-9,11-12H,4,10H2,2H3. The Labute approximate surface area is 174 Å². The van der Waals surface area contributed by atoms with E-state index in [1.54, 1.807) is 22.8 Å². The third-order valence-electron chi connectivity index (χ3n) is 4.34. The zero-order chi connectivity index (χ0) is 21.3. The predicted molar refractivity (Wildman–Crippen MR) is 113 cm³/mol. The highest BCUT2D eigenvalue weighted by molar-refractivity contribution is 7.16. The minimum atomic E-state index is -0.583. The van der Waals surface area contributed by atoms with E-state index in [0.717, 1.165) is 10.1 Å². The van der Waals surface area contributed by atoms with Crippen LogP contribution in [0.3, 0.4) is 0 Å². The Morgan fingerprint density at radius 1 is 1.37 bits per heavy atom. The van der Waals surface area contributed by atoms with Gasteiger partial charge in [-0.1, -0.05) is 29.4 Å². The molecule has 0 saturated carbocycles. The number of carbonyl (C=O) groups is 1. The molecule has 0 spiro atoms. The van der Waals surface area contributed by atoms with E-state index in [0.29, 0.717) is 28.3 Å². The van der Waals surface area contributed by atoms with E-state index in [1.807, 2.05) is 19.1 Å². The Morgan fingerprint density at radius 2 is 2.20 bits per heavy atom. The number of hydrogen-bond donors (Lipinski definition) is 0. The third kappa shape index (κ3) is 3.44. The van der Waals surface area contributed by atoms with Crippen LogP contribution in [0.1, 0.15) is 17.5 Å². The highest BCUT2D eigenvalue weighted by Crippen LogP contribution is 2.29. The van der Waals surface area contributed by atoms with Crippen LogP contribution in [0.15, 0.2) is 51.9 Å². The van der Waals surface area contributed by atoms with Crippen LogP contribution in [0, 0.1) is 22.5 Å². The first kappa shape index (κ1) is 19.4. The molecule has 8 nitrogen and oxygen atoms in total. The van der Waals surface area contributed by atoms with Gasteiger partial charge in [-0.2, -0.15) is 4.99 Å². The second-order valence-corrected chi connectivity index (χ2v) is 7.23. The van der Waals surface area contributed by atoms with Crippen molar-refractivity contribution < 1.29 is 18.9 Å². The molecule has 0 radical (unpaired) electrons. The van der Waals surface area contributed by atoms with Crippen molar-refractivity contribution >= 4 is 44.1 Å². The van der Waals surface area contributed by atoms with Gasteiger partial charge in [-0.15, -0.1) is 6.42 Å². The van der Waals surface area contributed by atoms with Crippen LogP contribution in [0.2, 0.25) is 0 Å². The number of amides is 1. The van der Waals surface area contributed by atoms with Gasteiger partial charge in [0.1, 0.15) is 0 Å². The van der Waals surface area contributed by atoms with Crippen molar-refractivity contribution in [3.63, 3.8) is 0 Å². The number of furan rings is 1. The highest BCUT2D eigenvalue weighted by atomic mass is 32.1. The summed E-state index contributed by atoms with van der Waals surface area (Å²) in [6.45, 7) is 2.44. The molecule has 2 heterocycles. The van der Waals surface area contributed by atoms with E-state index in [-0.39, 0.29) is 18.0 Å². The SMILES string of the molecule is C#CCn1c(=NC(=O)c2cc3cccc(OCC)c3o2)sc2ccc([N+](=O)[O-])cc21. The topological polar surface area (TPSA) is 99.9 Å². The summed E-state index contributed by atoms with van der Waals surface area (Å²) in [5.74, 6) is 2.52. The fraction of sp³-hybridized carbons (Fsp3) is 0.143. The number of benzene rings is 2. The molecular weight excluding hydrogens is 406 g/mol. The Balaban J connectivity index is 1.82. The monoisotopic (exact) mass is 421 g/mol. The number of hydrogen-bond acceptors (Lipinski definition) is 6. The summed E-state index contributed by atoms with van der Waals surface area (Å²) in [7, 11) is 0. The average Bonchev–Trinajstić information content (AvgIpc) is 3.31. The van der Waals surface area contributed by atoms with Crippen LogP contribution in [0.25, 0.3) is 21.2 Å². The molecular formula is C21H15N3O5S. The van der Waals surface area contributed by atoms with Crippen LogP contribution < -0.4 is 9.54 Å². The molecule has 0 aliphatic rings. The highest BCUT2D eigenvalue weighted by Gasteiger charge is 2.16. The smallest absolute Gasteiger partial charge is 0.315 e.